The Kier molecular flexibility index (Phi) is 5.51. The van der Waals surface area contributed by atoms with Crippen LogP contribution in [0.1, 0.15) is 24.2 Å². The first-order chi connectivity index (χ1) is 16.4. The van der Waals surface area contributed by atoms with Gasteiger partial charge >= 0.3 is 6.03 Å². The standard InChI is InChI=1S/C23H23N9O2/c1-30-12-15-11-26-18-3-2-17(14-9-27-20(8-24)28-10-14)29-21(18)22(15)32(23(30)34)16-4-6-31(7-5-16)13-19(25)33/h2-3,9-11,16H,4-7,12-13H2,1H3,(H2,25,33). The summed E-state index contributed by atoms with van der Waals surface area (Å²) < 4.78 is 0. The molecule has 5 heterocycles. The number of piperidine rings is 1. The second kappa shape index (κ2) is 8.64. The molecule has 0 aliphatic carbocycles. The number of hydrogen-bond acceptors (Lipinski definition) is 8. The van der Waals surface area contributed by atoms with Crippen LogP contribution in [0.2, 0.25) is 0 Å². The molecule has 0 saturated carbocycles. The Morgan fingerprint density at radius 2 is 1.91 bits per heavy atom. The number of pyridine rings is 2. The van der Waals surface area contributed by atoms with Crippen molar-refractivity contribution < 1.29 is 9.59 Å². The molecule has 2 aliphatic rings. The molecule has 3 amide bonds. The predicted octanol–water partition coefficient (Wildman–Crippen LogP) is 1.28. The Bertz CT molecular complexity index is 1310. The molecular formula is C23H23N9O2. The van der Waals surface area contributed by atoms with Crippen molar-refractivity contribution in [3.05, 3.63) is 42.1 Å². The summed E-state index contributed by atoms with van der Waals surface area (Å²) in [4.78, 5) is 47.8. The van der Waals surface area contributed by atoms with E-state index in [0.29, 0.717) is 41.9 Å². The lowest BCUT2D eigenvalue weighted by Gasteiger charge is -2.43. The smallest absolute Gasteiger partial charge is 0.324 e. The molecule has 3 aromatic heterocycles. The zero-order valence-electron chi connectivity index (χ0n) is 18.7. The third kappa shape index (κ3) is 3.88. The van der Waals surface area contributed by atoms with Gasteiger partial charge in [0.2, 0.25) is 11.7 Å². The fraction of sp³-hybridized carbons (Fsp3) is 0.348. The highest BCUT2D eigenvalue weighted by Crippen LogP contribution is 2.37. The van der Waals surface area contributed by atoms with Gasteiger partial charge in [-0.05, 0) is 25.0 Å². The quantitative estimate of drug-likeness (QED) is 0.617. The Morgan fingerprint density at radius 3 is 2.59 bits per heavy atom. The maximum atomic E-state index is 13.4. The van der Waals surface area contributed by atoms with Gasteiger partial charge in [-0.3, -0.25) is 19.6 Å². The summed E-state index contributed by atoms with van der Waals surface area (Å²) in [5, 5.41) is 8.97. The van der Waals surface area contributed by atoms with Gasteiger partial charge in [0.25, 0.3) is 0 Å². The zero-order chi connectivity index (χ0) is 23.8. The molecule has 11 heteroatoms. The fourth-order valence-electron chi connectivity index (χ4n) is 4.65. The van der Waals surface area contributed by atoms with Crippen LogP contribution < -0.4 is 10.6 Å². The third-order valence-corrected chi connectivity index (χ3v) is 6.29. The average Bonchev–Trinajstić information content (AvgIpc) is 2.85. The number of nitrogens with two attached hydrogens (primary N) is 1. The summed E-state index contributed by atoms with van der Waals surface area (Å²) in [5.74, 6) is -0.260. The van der Waals surface area contributed by atoms with Crippen molar-refractivity contribution in [3.63, 3.8) is 0 Å². The maximum absolute atomic E-state index is 13.4. The minimum Gasteiger partial charge on any atom is -0.369 e. The summed E-state index contributed by atoms with van der Waals surface area (Å²) in [5.41, 5.74) is 9.68. The van der Waals surface area contributed by atoms with Crippen LogP contribution in [0.3, 0.4) is 0 Å². The molecule has 5 rings (SSSR count). The molecule has 0 aromatic carbocycles. The molecule has 11 nitrogen and oxygen atoms in total. The van der Waals surface area contributed by atoms with E-state index in [2.05, 4.69) is 15.0 Å². The predicted molar refractivity (Wildman–Crippen MR) is 123 cm³/mol. The van der Waals surface area contributed by atoms with Crippen LogP contribution in [0, 0.1) is 11.3 Å². The van der Waals surface area contributed by atoms with Crippen LogP contribution in [0.25, 0.3) is 22.3 Å². The Morgan fingerprint density at radius 1 is 1.18 bits per heavy atom. The van der Waals surface area contributed by atoms with Crippen LogP contribution in [-0.2, 0) is 11.3 Å². The number of aromatic nitrogens is 4. The van der Waals surface area contributed by atoms with Gasteiger partial charge in [-0.1, -0.05) is 0 Å². The van der Waals surface area contributed by atoms with Crippen LogP contribution in [0.4, 0.5) is 10.5 Å². The second-order valence-electron chi connectivity index (χ2n) is 8.59. The number of fused-ring (bicyclic) bond motifs is 3. The number of anilines is 1. The van der Waals surface area contributed by atoms with E-state index < -0.39 is 0 Å². The van der Waals surface area contributed by atoms with E-state index in [4.69, 9.17) is 16.0 Å². The van der Waals surface area contributed by atoms with E-state index in [0.717, 1.165) is 24.1 Å². The molecule has 0 atom stereocenters. The summed E-state index contributed by atoms with van der Waals surface area (Å²) in [6.45, 7) is 2.03. The summed E-state index contributed by atoms with van der Waals surface area (Å²) in [6.07, 6.45) is 6.38. The van der Waals surface area contributed by atoms with E-state index in [1.165, 1.54) is 0 Å². The summed E-state index contributed by atoms with van der Waals surface area (Å²) in [6, 6.07) is 5.49. The second-order valence-corrected chi connectivity index (χ2v) is 8.59. The first-order valence-corrected chi connectivity index (χ1v) is 11.0. The van der Waals surface area contributed by atoms with Crippen LogP contribution in [0.5, 0.6) is 0 Å². The highest BCUT2D eigenvalue weighted by molar-refractivity contribution is 6.04. The van der Waals surface area contributed by atoms with Crippen molar-refractivity contribution in [2.24, 2.45) is 5.73 Å². The lowest BCUT2D eigenvalue weighted by molar-refractivity contribution is -0.119. The molecule has 0 bridgehead atoms. The maximum Gasteiger partial charge on any atom is 0.324 e. The molecule has 34 heavy (non-hydrogen) atoms. The van der Waals surface area contributed by atoms with Crippen molar-refractivity contribution in [2.45, 2.75) is 25.4 Å². The molecule has 0 radical (unpaired) electrons. The topological polar surface area (TPSA) is 145 Å². The lowest BCUT2D eigenvalue weighted by atomic mass is 9.99. The minimum absolute atomic E-state index is 0.0348. The number of nitriles is 1. The number of rotatable bonds is 4. The van der Waals surface area contributed by atoms with E-state index in [1.807, 2.05) is 34.2 Å². The first-order valence-electron chi connectivity index (χ1n) is 11.0. The molecule has 2 N–H and O–H groups in total. The summed E-state index contributed by atoms with van der Waals surface area (Å²) in [7, 11) is 1.78. The van der Waals surface area contributed by atoms with Crippen molar-refractivity contribution in [1.29, 1.82) is 5.26 Å². The van der Waals surface area contributed by atoms with Gasteiger partial charge in [0, 0.05) is 55.9 Å². The molecular weight excluding hydrogens is 434 g/mol. The zero-order valence-corrected chi connectivity index (χ0v) is 18.7. The van der Waals surface area contributed by atoms with Crippen molar-refractivity contribution in [1.82, 2.24) is 29.7 Å². The molecule has 2 aliphatic heterocycles. The number of carbonyl (C=O) groups excluding carboxylic acids is 2. The van der Waals surface area contributed by atoms with Crippen LogP contribution in [0.15, 0.2) is 30.7 Å². The molecule has 1 fully saturated rings. The van der Waals surface area contributed by atoms with Gasteiger partial charge in [-0.15, -0.1) is 0 Å². The van der Waals surface area contributed by atoms with Gasteiger partial charge in [0.05, 0.1) is 30.0 Å². The largest absolute Gasteiger partial charge is 0.369 e. The molecule has 1 saturated heterocycles. The number of primary amides is 1. The van der Waals surface area contributed by atoms with Crippen molar-refractivity contribution >= 4 is 28.7 Å². The number of carbonyl (C=O) groups is 2. The Labute approximate surface area is 195 Å². The number of nitrogens with zero attached hydrogens (tertiary/aromatic N) is 8. The molecule has 3 aromatic rings. The fourth-order valence-corrected chi connectivity index (χ4v) is 4.65. The van der Waals surface area contributed by atoms with Crippen LogP contribution in [-0.4, -0.2) is 74.4 Å². The SMILES string of the molecule is CN1Cc2cnc3ccc(-c4cnc(C#N)nc4)nc3c2N(C2CCN(CC(N)=O)CC2)C1=O. The first kappa shape index (κ1) is 21.7. The minimum atomic E-state index is -0.349. The van der Waals surface area contributed by atoms with Crippen molar-refractivity contribution in [2.75, 3.05) is 31.6 Å². The van der Waals surface area contributed by atoms with Crippen molar-refractivity contribution in [3.8, 4) is 17.3 Å². The normalized spacial score (nSPS) is 17.0. The number of hydrogen-bond donors (Lipinski definition) is 1. The number of likely N-dealkylation sites (tertiary alicyclic amines) is 1. The Balaban J connectivity index is 1.56. The van der Waals surface area contributed by atoms with Gasteiger partial charge in [0.15, 0.2) is 0 Å². The third-order valence-electron chi connectivity index (χ3n) is 6.29. The van der Waals surface area contributed by atoms with Gasteiger partial charge in [-0.25, -0.2) is 19.7 Å². The molecule has 0 spiro atoms. The highest BCUT2D eigenvalue weighted by Gasteiger charge is 2.37. The van der Waals surface area contributed by atoms with Gasteiger partial charge < -0.3 is 10.6 Å². The van der Waals surface area contributed by atoms with E-state index in [1.54, 1.807) is 24.3 Å². The van der Waals surface area contributed by atoms with E-state index >= 15 is 0 Å². The van der Waals surface area contributed by atoms with E-state index in [9.17, 15) is 9.59 Å². The molecule has 0 unspecified atom stereocenters. The van der Waals surface area contributed by atoms with Gasteiger partial charge in [0.1, 0.15) is 11.6 Å². The van der Waals surface area contributed by atoms with Crippen LogP contribution >= 0.6 is 0 Å². The number of urea groups is 1. The monoisotopic (exact) mass is 457 g/mol. The lowest BCUT2D eigenvalue weighted by Crippen LogP contribution is -2.54. The highest BCUT2D eigenvalue weighted by atomic mass is 16.2. The Hall–Kier alpha value is -4.17. The van der Waals surface area contributed by atoms with Gasteiger partial charge in [-0.2, -0.15) is 5.26 Å². The molecule has 172 valence electrons. The van der Waals surface area contributed by atoms with E-state index in [-0.39, 0.29) is 30.3 Å². The average molecular weight is 457 g/mol. The number of amides is 3. The summed E-state index contributed by atoms with van der Waals surface area (Å²) >= 11 is 0.